The molecule has 2 heterocycles. The molecular formula is C68H128N2O16. The van der Waals surface area contributed by atoms with E-state index >= 15 is 4.79 Å². The van der Waals surface area contributed by atoms with Gasteiger partial charge in [-0.05, 0) is 38.0 Å². The summed E-state index contributed by atoms with van der Waals surface area (Å²) in [5, 5.41) is 116. The van der Waals surface area contributed by atoms with Gasteiger partial charge in [-0.2, -0.15) is 0 Å². The van der Waals surface area contributed by atoms with Gasteiger partial charge in [-0.15, -0.1) is 0 Å². The molecule has 2 aliphatic heterocycles. The van der Waals surface area contributed by atoms with Crippen LogP contribution in [-0.4, -0.2) is 171 Å². The van der Waals surface area contributed by atoms with Crippen molar-refractivity contribution < 1.29 is 79.7 Å². The predicted molar refractivity (Wildman–Crippen MR) is 337 cm³/mol. The van der Waals surface area contributed by atoms with Crippen LogP contribution in [0.15, 0.2) is 0 Å². The first-order chi connectivity index (χ1) is 41.1. The molecule has 5 unspecified atom stereocenters. The third-order valence-corrected chi connectivity index (χ3v) is 19.1. The molecule has 0 radical (unpaired) electrons. The van der Waals surface area contributed by atoms with Gasteiger partial charge in [0.1, 0.15) is 35.5 Å². The second kappa shape index (κ2) is 44.6. The van der Waals surface area contributed by atoms with E-state index < -0.39 is 158 Å². The van der Waals surface area contributed by atoms with Crippen LogP contribution in [0.25, 0.3) is 0 Å². The fourth-order valence-corrected chi connectivity index (χ4v) is 13.4. The van der Waals surface area contributed by atoms with Crippen LogP contribution >= 0.6 is 0 Å². The van der Waals surface area contributed by atoms with E-state index in [2.05, 4.69) is 27.7 Å². The first-order valence-electron chi connectivity index (χ1n) is 34.9. The molecule has 2 fully saturated rings. The molecule has 0 amide bonds. The van der Waals surface area contributed by atoms with Gasteiger partial charge in [0, 0.05) is 25.7 Å². The Labute approximate surface area is 519 Å². The number of aliphatic hydroxyl groups is 10. The van der Waals surface area contributed by atoms with Gasteiger partial charge in [-0.25, -0.2) is 0 Å². The summed E-state index contributed by atoms with van der Waals surface area (Å²) in [7, 11) is 0. The van der Waals surface area contributed by atoms with E-state index in [1.165, 1.54) is 38.5 Å². The highest BCUT2D eigenvalue weighted by Gasteiger charge is 2.71. The zero-order valence-corrected chi connectivity index (χ0v) is 54.4. The van der Waals surface area contributed by atoms with Crippen molar-refractivity contribution in [2.45, 2.75) is 381 Å². The van der Waals surface area contributed by atoms with Crippen LogP contribution in [0.1, 0.15) is 304 Å². The van der Waals surface area contributed by atoms with E-state index in [-0.39, 0.29) is 25.7 Å². The number of aliphatic hydroxyl groups excluding tert-OH is 8. The Morgan fingerprint density at radius 3 is 1.09 bits per heavy atom. The lowest BCUT2D eigenvalue weighted by molar-refractivity contribution is -0.262. The maximum absolute atomic E-state index is 15.3. The second-order valence-corrected chi connectivity index (χ2v) is 26.5. The van der Waals surface area contributed by atoms with Crippen molar-refractivity contribution in [2.75, 3.05) is 19.8 Å². The van der Waals surface area contributed by atoms with E-state index in [9.17, 15) is 65.4 Å². The average molecular weight is 1230 g/mol. The molecule has 2 saturated heterocycles. The Morgan fingerprint density at radius 2 is 0.721 bits per heavy atom. The highest BCUT2D eigenvalue weighted by molar-refractivity contribution is 6.02. The number of unbranched alkanes of at least 4 members (excludes halogenated alkanes) is 30. The number of carbonyl (C=O) groups is 4. The molecule has 18 nitrogen and oxygen atoms in total. The SMILES string of the molecule is CCCCCCCCCCCC(O)CC(=O)[C@]1(N)CO[C@H](CO)[C@@H](O)[C@@]1(O)C(=O)CC(O)CC(CCCCCCCCC)[C@@H]1O[C@H](CO)[C@@H](O)[C@@](O)(C(=O)CC(O)CCCCCCCCCCC)[C@]1(N)C(=O)CC(O)CCCCCCCCCCC. The minimum atomic E-state index is -3.23. The van der Waals surface area contributed by atoms with Crippen molar-refractivity contribution in [1.82, 2.24) is 0 Å². The Bertz CT molecular complexity index is 1810. The number of nitrogens with two attached hydrogens (primary N) is 2. The number of ketones is 4. The van der Waals surface area contributed by atoms with Crippen LogP contribution in [0.5, 0.6) is 0 Å². The monoisotopic (exact) mass is 1230 g/mol. The lowest BCUT2D eigenvalue weighted by atomic mass is 9.60. The Hall–Kier alpha value is -1.88. The van der Waals surface area contributed by atoms with Crippen LogP contribution < -0.4 is 11.5 Å². The fourth-order valence-electron chi connectivity index (χ4n) is 13.4. The second-order valence-electron chi connectivity index (χ2n) is 26.5. The molecule has 18 heteroatoms. The van der Waals surface area contributed by atoms with E-state index in [0.717, 1.165) is 148 Å². The minimum absolute atomic E-state index is 0.0835. The van der Waals surface area contributed by atoms with Gasteiger partial charge >= 0.3 is 0 Å². The molecular weight excluding hydrogens is 1100 g/mol. The number of rotatable bonds is 55. The van der Waals surface area contributed by atoms with Gasteiger partial charge in [-0.3, -0.25) is 19.2 Å². The van der Waals surface area contributed by atoms with Crippen LogP contribution in [0.4, 0.5) is 0 Å². The van der Waals surface area contributed by atoms with Gasteiger partial charge in [0.25, 0.3) is 0 Å². The van der Waals surface area contributed by atoms with Gasteiger partial charge in [0.2, 0.25) is 0 Å². The molecule has 0 saturated carbocycles. The van der Waals surface area contributed by atoms with Gasteiger partial charge < -0.3 is 72.0 Å². The topological polar surface area (TPSA) is 341 Å². The van der Waals surface area contributed by atoms with Gasteiger partial charge in [0.05, 0.1) is 50.3 Å². The molecule has 0 aliphatic carbocycles. The highest BCUT2D eigenvalue weighted by Crippen LogP contribution is 2.46. The molecule has 0 spiro atoms. The fraction of sp³-hybridized carbons (Fsp3) is 0.941. The molecule has 0 bridgehead atoms. The Balaban J connectivity index is 2.60. The highest BCUT2D eigenvalue weighted by atomic mass is 16.5. The summed E-state index contributed by atoms with van der Waals surface area (Å²) in [4.78, 5) is 59.1. The van der Waals surface area contributed by atoms with Crippen molar-refractivity contribution in [3.63, 3.8) is 0 Å². The lowest BCUT2D eigenvalue weighted by Gasteiger charge is -2.57. The van der Waals surface area contributed by atoms with Crippen LogP contribution in [0.3, 0.4) is 0 Å². The van der Waals surface area contributed by atoms with E-state index in [1.807, 2.05) is 0 Å². The first kappa shape index (κ1) is 80.2. The smallest absolute Gasteiger partial charge is 0.179 e. The number of Topliss-reactive ketones (excluding diaryl/α,β-unsaturated/α-hetero) is 4. The molecule has 2 aliphatic rings. The van der Waals surface area contributed by atoms with E-state index in [0.29, 0.717) is 32.1 Å². The number of ether oxygens (including phenoxy) is 2. The van der Waals surface area contributed by atoms with Gasteiger partial charge in [0.15, 0.2) is 34.3 Å². The summed E-state index contributed by atoms with van der Waals surface area (Å²) in [6.07, 6.45) is 15.1. The normalized spacial score (nSPS) is 27.0. The van der Waals surface area contributed by atoms with Crippen LogP contribution in [-0.2, 0) is 28.7 Å². The molecule has 2 rings (SSSR count). The van der Waals surface area contributed by atoms with Crippen molar-refractivity contribution in [2.24, 2.45) is 17.4 Å². The van der Waals surface area contributed by atoms with Gasteiger partial charge in [-0.1, -0.05) is 246 Å². The summed E-state index contributed by atoms with van der Waals surface area (Å²) in [6, 6.07) is 0. The molecule has 0 aromatic rings. The molecule has 86 heavy (non-hydrogen) atoms. The first-order valence-corrected chi connectivity index (χ1v) is 34.9. The summed E-state index contributed by atoms with van der Waals surface area (Å²) < 4.78 is 12.0. The average Bonchev–Trinajstić information content (AvgIpc) is 0.822. The zero-order chi connectivity index (χ0) is 64.0. The number of carbonyl (C=O) groups excluding carboxylic acids is 4. The van der Waals surface area contributed by atoms with Crippen molar-refractivity contribution in [1.29, 1.82) is 0 Å². The number of hydrogen-bond acceptors (Lipinski definition) is 18. The molecule has 0 aromatic heterocycles. The summed E-state index contributed by atoms with van der Waals surface area (Å²) in [5.74, 6) is -5.66. The maximum atomic E-state index is 15.3. The van der Waals surface area contributed by atoms with Crippen molar-refractivity contribution in [3.05, 3.63) is 0 Å². The zero-order valence-electron chi connectivity index (χ0n) is 54.4. The molecule has 506 valence electrons. The Kier molecular flexibility index (Phi) is 41.6. The largest absolute Gasteiger partial charge is 0.394 e. The molecule has 14 atom stereocenters. The summed E-state index contributed by atoms with van der Waals surface area (Å²) in [5.41, 5.74) is 2.05. The standard InChI is InChI=1S/C68H128N2O16/c1-5-9-13-17-21-24-28-32-36-40-52(73)44-58(77)65(69)50-85-56(48-71)62(81)67(65,83)60(79)47-55(76)43-51(39-35-31-27-20-16-12-8-4)64-66(70,59(78)45-53(74)41-37-33-29-25-22-18-14-10-6-2)68(84,63(82)57(49-72)86-64)61(80)46-54(75)42-38-34-30-26-23-19-15-11-7-3/h51-57,62-64,71-76,81-84H,5-50,69-70H2,1-4H3/t51?,52?,53?,54?,55?,56-,57-,62-,63-,64+,65-,66+,67+,68+/m1/s1. The molecule has 14 N–H and O–H groups in total. The Morgan fingerprint density at radius 1 is 0.419 bits per heavy atom. The third kappa shape index (κ3) is 25.3. The van der Waals surface area contributed by atoms with Crippen LogP contribution in [0, 0.1) is 5.92 Å². The van der Waals surface area contributed by atoms with Crippen molar-refractivity contribution >= 4 is 23.1 Å². The number of hydrogen-bond donors (Lipinski definition) is 12. The predicted octanol–water partition coefficient (Wildman–Crippen LogP) is 8.91. The third-order valence-electron chi connectivity index (χ3n) is 19.1. The summed E-state index contributed by atoms with van der Waals surface area (Å²) in [6.45, 7) is 5.91. The van der Waals surface area contributed by atoms with E-state index in [4.69, 9.17) is 20.9 Å². The quantitative estimate of drug-likeness (QED) is 0.0253. The minimum Gasteiger partial charge on any atom is -0.394 e. The molecule has 0 aromatic carbocycles. The van der Waals surface area contributed by atoms with E-state index in [1.54, 1.807) is 0 Å². The summed E-state index contributed by atoms with van der Waals surface area (Å²) >= 11 is 0. The lowest BCUT2D eigenvalue weighted by Crippen LogP contribution is -2.84. The van der Waals surface area contributed by atoms with Crippen molar-refractivity contribution in [3.8, 4) is 0 Å². The van der Waals surface area contributed by atoms with Crippen LogP contribution in [0.2, 0.25) is 0 Å². The maximum Gasteiger partial charge on any atom is 0.179 e.